The predicted octanol–water partition coefficient (Wildman–Crippen LogP) is 4.01. The van der Waals surface area contributed by atoms with E-state index in [0.29, 0.717) is 35.6 Å². The van der Waals surface area contributed by atoms with E-state index in [0.717, 1.165) is 11.3 Å². The molecule has 0 saturated carbocycles. The summed E-state index contributed by atoms with van der Waals surface area (Å²) in [6.45, 7) is 6.66. The van der Waals surface area contributed by atoms with Crippen LogP contribution in [-0.4, -0.2) is 39.4 Å². The molecule has 0 bridgehead atoms. The topological polar surface area (TPSA) is 106 Å². The summed E-state index contributed by atoms with van der Waals surface area (Å²) in [5.74, 6) is 0.606. The van der Waals surface area contributed by atoms with Gasteiger partial charge in [0.2, 0.25) is 11.9 Å². The number of rotatable bonds is 10. The Hall–Kier alpha value is -3.43. The van der Waals surface area contributed by atoms with Gasteiger partial charge in [0.15, 0.2) is 5.82 Å². The van der Waals surface area contributed by atoms with Crippen LogP contribution in [-0.2, 0) is 16.1 Å². The van der Waals surface area contributed by atoms with Crippen LogP contribution in [0.4, 0.5) is 23.1 Å². The van der Waals surface area contributed by atoms with Gasteiger partial charge in [0.1, 0.15) is 5.02 Å². The summed E-state index contributed by atoms with van der Waals surface area (Å²) in [4.78, 5) is 20.2. The number of halogens is 1. The highest BCUT2D eigenvalue weighted by molar-refractivity contribution is 6.32. The number of nitrogens with one attached hydrogen (secondary N) is 3. The van der Waals surface area contributed by atoms with Gasteiger partial charge in [-0.15, -0.1) is 0 Å². The lowest BCUT2D eigenvalue weighted by molar-refractivity contribution is -0.111. The summed E-state index contributed by atoms with van der Waals surface area (Å²) >= 11 is 6.30. The molecule has 1 unspecified atom stereocenters. The normalized spacial score (nSPS) is 11.6. The number of aromatic nitrogens is 4. The van der Waals surface area contributed by atoms with E-state index in [1.807, 2.05) is 37.4 Å². The molecule has 31 heavy (non-hydrogen) atoms. The average Bonchev–Trinajstić information content (AvgIpc) is 3.21. The first kappa shape index (κ1) is 22.3. The zero-order chi connectivity index (χ0) is 22.2. The molecule has 0 radical (unpaired) electrons. The van der Waals surface area contributed by atoms with Crippen molar-refractivity contribution in [1.82, 2.24) is 19.7 Å². The van der Waals surface area contributed by atoms with Gasteiger partial charge in [0.25, 0.3) is 0 Å². The highest BCUT2D eigenvalue weighted by Crippen LogP contribution is 2.26. The number of carbonyl (C=O) groups excluding carboxylic acids is 1. The number of benzene rings is 1. The zero-order valence-electron chi connectivity index (χ0n) is 17.3. The molecule has 3 aromatic rings. The second-order valence-corrected chi connectivity index (χ2v) is 7.09. The van der Waals surface area contributed by atoms with E-state index in [9.17, 15) is 4.79 Å². The van der Waals surface area contributed by atoms with Gasteiger partial charge in [-0.2, -0.15) is 10.1 Å². The summed E-state index contributed by atoms with van der Waals surface area (Å²) in [6, 6.07) is 7.37. The van der Waals surface area contributed by atoms with E-state index in [4.69, 9.17) is 16.3 Å². The molecule has 3 N–H and O–H groups in total. The van der Waals surface area contributed by atoms with Crippen LogP contribution in [0.1, 0.15) is 18.5 Å². The Morgan fingerprint density at radius 3 is 2.97 bits per heavy atom. The second-order valence-electron chi connectivity index (χ2n) is 6.68. The van der Waals surface area contributed by atoms with Gasteiger partial charge >= 0.3 is 0 Å². The Morgan fingerprint density at radius 1 is 1.35 bits per heavy atom. The van der Waals surface area contributed by atoms with E-state index >= 15 is 0 Å². The predicted molar refractivity (Wildman–Crippen MR) is 122 cm³/mol. The smallest absolute Gasteiger partial charge is 0.247 e. The highest BCUT2D eigenvalue weighted by Gasteiger charge is 2.12. The van der Waals surface area contributed by atoms with Gasteiger partial charge in [-0.1, -0.05) is 30.3 Å². The molecule has 0 aliphatic carbocycles. The van der Waals surface area contributed by atoms with E-state index in [2.05, 4.69) is 37.6 Å². The van der Waals surface area contributed by atoms with Crippen molar-refractivity contribution in [1.29, 1.82) is 0 Å². The first-order valence-corrected chi connectivity index (χ1v) is 9.97. The highest BCUT2D eigenvalue weighted by atomic mass is 35.5. The van der Waals surface area contributed by atoms with Crippen molar-refractivity contribution in [2.45, 2.75) is 19.5 Å². The lowest BCUT2D eigenvalue weighted by Gasteiger charge is -2.17. The van der Waals surface area contributed by atoms with Crippen molar-refractivity contribution in [3.63, 3.8) is 0 Å². The Labute approximate surface area is 185 Å². The van der Waals surface area contributed by atoms with Gasteiger partial charge < -0.3 is 20.7 Å². The van der Waals surface area contributed by atoms with Crippen LogP contribution in [0.3, 0.4) is 0 Å². The maximum Gasteiger partial charge on any atom is 0.247 e. The number of carbonyl (C=O) groups is 1. The first-order chi connectivity index (χ1) is 15.0. The van der Waals surface area contributed by atoms with E-state index < -0.39 is 0 Å². The molecule has 9 nitrogen and oxygen atoms in total. The Bertz CT molecular complexity index is 1050. The van der Waals surface area contributed by atoms with Crippen LogP contribution >= 0.6 is 11.6 Å². The van der Waals surface area contributed by atoms with Crippen LogP contribution in [0.5, 0.6) is 0 Å². The van der Waals surface area contributed by atoms with E-state index in [1.165, 1.54) is 12.3 Å². The van der Waals surface area contributed by atoms with Crippen LogP contribution in [0, 0.1) is 0 Å². The minimum atomic E-state index is -0.266. The maximum absolute atomic E-state index is 11.5. The molecule has 0 aliphatic heterocycles. The lowest BCUT2D eigenvalue weighted by Crippen LogP contribution is -2.11. The zero-order valence-corrected chi connectivity index (χ0v) is 18.1. The number of hydrogen-bond acceptors (Lipinski definition) is 7. The molecule has 0 saturated heterocycles. The SMILES string of the molecule is C=CC(=O)Nc1cccc(C(C)Nc2nc(Nc3cnn(CCOC)c3)ncc2Cl)c1. The molecule has 1 atom stereocenters. The molecule has 162 valence electrons. The van der Waals surface area contributed by atoms with Crippen molar-refractivity contribution in [3.8, 4) is 0 Å². The maximum atomic E-state index is 11.5. The Morgan fingerprint density at radius 2 is 2.19 bits per heavy atom. The van der Waals surface area contributed by atoms with Crippen LogP contribution in [0.2, 0.25) is 5.02 Å². The van der Waals surface area contributed by atoms with Gasteiger partial charge in [0, 0.05) is 19.0 Å². The van der Waals surface area contributed by atoms with Gasteiger partial charge in [-0.3, -0.25) is 9.48 Å². The number of ether oxygens (including phenoxy) is 1. The van der Waals surface area contributed by atoms with Crippen molar-refractivity contribution in [2.24, 2.45) is 0 Å². The third-order valence-corrected chi connectivity index (χ3v) is 4.63. The number of hydrogen-bond donors (Lipinski definition) is 3. The molecule has 0 fully saturated rings. The van der Waals surface area contributed by atoms with E-state index in [1.54, 1.807) is 18.0 Å². The summed E-state index contributed by atoms with van der Waals surface area (Å²) < 4.78 is 6.82. The second kappa shape index (κ2) is 10.6. The first-order valence-electron chi connectivity index (χ1n) is 9.59. The third kappa shape index (κ3) is 6.27. The molecule has 3 rings (SSSR count). The molecule has 0 aliphatic rings. The summed E-state index contributed by atoms with van der Waals surface area (Å²) in [5, 5.41) is 13.8. The van der Waals surface area contributed by atoms with Crippen LogP contribution in [0.25, 0.3) is 0 Å². The molecule has 0 spiro atoms. The van der Waals surface area contributed by atoms with Crippen molar-refractivity contribution >= 4 is 40.6 Å². The van der Waals surface area contributed by atoms with Crippen LogP contribution in [0.15, 0.2) is 55.5 Å². The van der Waals surface area contributed by atoms with Crippen molar-refractivity contribution in [3.05, 3.63) is 66.1 Å². The molecule has 1 amide bonds. The minimum absolute atomic E-state index is 0.127. The molecular weight excluding hydrogens is 418 g/mol. The average molecular weight is 442 g/mol. The van der Waals surface area contributed by atoms with Crippen LogP contribution < -0.4 is 16.0 Å². The molecule has 1 aromatic carbocycles. The fourth-order valence-electron chi connectivity index (χ4n) is 2.76. The third-order valence-electron chi connectivity index (χ3n) is 4.35. The number of amides is 1. The van der Waals surface area contributed by atoms with E-state index in [-0.39, 0.29) is 11.9 Å². The Kier molecular flexibility index (Phi) is 7.58. The largest absolute Gasteiger partial charge is 0.383 e. The quantitative estimate of drug-likeness (QED) is 0.408. The van der Waals surface area contributed by atoms with Crippen molar-refractivity contribution in [2.75, 3.05) is 29.7 Å². The number of anilines is 4. The minimum Gasteiger partial charge on any atom is -0.383 e. The summed E-state index contributed by atoms with van der Waals surface area (Å²) in [7, 11) is 1.65. The molecule has 2 aromatic heterocycles. The summed E-state index contributed by atoms with van der Waals surface area (Å²) in [6.07, 6.45) is 6.29. The number of methoxy groups -OCH3 is 1. The number of nitrogens with zero attached hydrogens (tertiary/aromatic N) is 4. The monoisotopic (exact) mass is 441 g/mol. The molecular formula is C21H24ClN7O2. The van der Waals surface area contributed by atoms with Gasteiger partial charge in [-0.25, -0.2) is 4.98 Å². The Balaban J connectivity index is 1.70. The standard InChI is InChI=1S/C21H24ClN7O2/c1-4-19(30)26-16-7-5-6-15(10-16)14(2)25-20-18(22)12-23-21(28-20)27-17-11-24-29(13-17)8-9-31-3/h4-7,10-14H,1,8-9H2,2-3H3,(H,26,30)(H2,23,25,27,28). The van der Waals surface area contributed by atoms with Gasteiger partial charge in [0.05, 0.1) is 37.3 Å². The summed E-state index contributed by atoms with van der Waals surface area (Å²) in [5.41, 5.74) is 2.38. The fraction of sp³-hybridized carbons (Fsp3) is 0.238. The molecule has 2 heterocycles. The van der Waals surface area contributed by atoms with Crippen molar-refractivity contribution < 1.29 is 9.53 Å². The molecule has 10 heteroatoms. The lowest BCUT2D eigenvalue weighted by atomic mass is 10.1. The fourth-order valence-corrected chi connectivity index (χ4v) is 2.91. The van der Waals surface area contributed by atoms with Gasteiger partial charge in [-0.05, 0) is 30.7 Å².